The van der Waals surface area contributed by atoms with Crippen molar-refractivity contribution in [3.63, 3.8) is 0 Å². The van der Waals surface area contributed by atoms with Crippen LogP contribution < -0.4 is 0 Å². The first-order chi connectivity index (χ1) is 11.6. The van der Waals surface area contributed by atoms with Crippen molar-refractivity contribution in [1.82, 2.24) is 0 Å². The van der Waals surface area contributed by atoms with Crippen LogP contribution in [0.3, 0.4) is 0 Å². The molecule has 0 saturated carbocycles. The van der Waals surface area contributed by atoms with Crippen LogP contribution in [0.2, 0.25) is 0 Å². The Hall–Kier alpha value is -1.60. The summed E-state index contributed by atoms with van der Waals surface area (Å²) in [5, 5.41) is 9.51. The van der Waals surface area contributed by atoms with Gasteiger partial charge in [0.2, 0.25) is 4.93 Å². The zero-order chi connectivity index (χ0) is 16.9. The first kappa shape index (κ1) is 15.9. The molecule has 2 aliphatic rings. The highest BCUT2D eigenvalue weighted by Gasteiger charge is 2.75. The Morgan fingerprint density at radius 3 is 2.46 bits per heavy atom. The zero-order valence-corrected chi connectivity index (χ0v) is 13.8. The minimum Gasteiger partial charge on any atom is -0.394 e. The summed E-state index contributed by atoms with van der Waals surface area (Å²) in [5.41, 5.74) is 1.77. The van der Waals surface area contributed by atoms with Gasteiger partial charge in [-0.1, -0.05) is 29.8 Å². The summed E-state index contributed by atoms with van der Waals surface area (Å²) in [6.45, 7) is 1.75. The number of hydrogen-bond donors (Lipinski definition) is 1. The lowest BCUT2D eigenvalue weighted by Crippen LogP contribution is -2.27. The third-order valence-corrected chi connectivity index (χ3v) is 6.36. The van der Waals surface area contributed by atoms with Crippen LogP contribution in [-0.4, -0.2) is 33.1 Å². The summed E-state index contributed by atoms with van der Waals surface area (Å²) in [6.07, 6.45) is -1.57. The molecule has 0 bridgehead atoms. The Labute approximate surface area is 141 Å². The zero-order valence-electron chi connectivity index (χ0n) is 13.0. The lowest BCUT2D eigenvalue weighted by atomic mass is 10.1. The molecule has 0 radical (unpaired) electrons. The van der Waals surface area contributed by atoms with Crippen molar-refractivity contribution < 1.29 is 23.2 Å². The number of aliphatic hydroxyl groups excluding tert-OH is 1. The van der Waals surface area contributed by atoms with Crippen LogP contribution in [0.1, 0.15) is 17.2 Å². The standard InChI is InChI=1S/C18H17FO4S/c1-11-2-8-14(9-3-11)24(21)18-16(12-4-6-13(19)7-5-12)22-15(10-20)17(18)23-18/h2-9,15-17,20H,10H2,1H3/t15-,16+,17-,18-,24+/m1/s1. The van der Waals surface area contributed by atoms with Crippen molar-refractivity contribution in [3.8, 4) is 0 Å². The van der Waals surface area contributed by atoms with Gasteiger partial charge in [0.25, 0.3) is 0 Å². The van der Waals surface area contributed by atoms with Crippen LogP contribution >= 0.6 is 0 Å². The van der Waals surface area contributed by atoms with Crippen LogP contribution in [0.15, 0.2) is 53.4 Å². The van der Waals surface area contributed by atoms with Gasteiger partial charge in [0.05, 0.1) is 17.4 Å². The van der Waals surface area contributed by atoms with Crippen molar-refractivity contribution in [3.05, 3.63) is 65.5 Å². The quantitative estimate of drug-likeness (QED) is 0.863. The van der Waals surface area contributed by atoms with Gasteiger partial charge in [0.1, 0.15) is 24.1 Å². The van der Waals surface area contributed by atoms with E-state index in [9.17, 15) is 13.7 Å². The first-order valence-electron chi connectivity index (χ1n) is 7.74. The summed E-state index contributed by atoms with van der Waals surface area (Å²) in [7, 11) is -1.47. The minimum absolute atomic E-state index is 0.213. The summed E-state index contributed by atoms with van der Waals surface area (Å²) in [4.78, 5) is -0.377. The van der Waals surface area contributed by atoms with Gasteiger partial charge in [-0.05, 0) is 36.8 Å². The van der Waals surface area contributed by atoms with E-state index in [1.807, 2.05) is 31.2 Å². The molecule has 0 amide bonds. The molecule has 6 heteroatoms. The van der Waals surface area contributed by atoms with E-state index >= 15 is 0 Å². The fourth-order valence-electron chi connectivity index (χ4n) is 3.23. The van der Waals surface area contributed by atoms with E-state index in [1.54, 1.807) is 12.1 Å². The average Bonchev–Trinajstić information content (AvgIpc) is 3.26. The highest BCUT2D eigenvalue weighted by Crippen LogP contribution is 2.60. The van der Waals surface area contributed by atoms with Crippen LogP contribution in [0.5, 0.6) is 0 Å². The maximum absolute atomic E-state index is 13.2. The summed E-state index contributed by atoms with van der Waals surface area (Å²) in [6, 6.07) is 13.3. The number of ether oxygens (including phenoxy) is 2. The van der Waals surface area contributed by atoms with E-state index in [2.05, 4.69) is 0 Å². The van der Waals surface area contributed by atoms with Gasteiger partial charge < -0.3 is 14.6 Å². The predicted octanol–water partition coefficient (Wildman–Crippen LogP) is 2.47. The molecule has 0 spiro atoms. The van der Waals surface area contributed by atoms with Gasteiger partial charge >= 0.3 is 0 Å². The molecule has 126 valence electrons. The van der Waals surface area contributed by atoms with Crippen LogP contribution in [0.25, 0.3) is 0 Å². The molecule has 2 saturated heterocycles. The molecule has 2 aromatic rings. The van der Waals surface area contributed by atoms with E-state index < -0.39 is 34.0 Å². The molecular formula is C18H17FO4S. The number of aliphatic hydroxyl groups is 1. The molecular weight excluding hydrogens is 331 g/mol. The fraction of sp³-hybridized carbons (Fsp3) is 0.333. The molecule has 5 atom stereocenters. The van der Waals surface area contributed by atoms with Gasteiger partial charge in [-0.3, -0.25) is 4.21 Å². The van der Waals surface area contributed by atoms with Crippen LogP contribution in [0.4, 0.5) is 4.39 Å². The van der Waals surface area contributed by atoms with Gasteiger partial charge in [-0.25, -0.2) is 4.39 Å². The molecule has 1 N–H and O–H groups in total. The van der Waals surface area contributed by atoms with Crippen molar-refractivity contribution >= 4 is 10.8 Å². The molecule has 2 aromatic carbocycles. The Balaban J connectivity index is 1.72. The summed E-state index contributed by atoms with van der Waals surface area (Å²) < 4.78 is 38.1. The van der Waals surface area contributed by atoms with Crippen LogP contribution in [0, 0.1) is 12.7 Å². The lowest BCUT2D eigenvalue weighted by molar-refractivity contribution is -0.0583. The predicted molar refractivity (Wildman–Crippen MR) is 86.3 cm³/mol. The number of hydrogen-bond acceptors (Lipinski definition) is 4. The van der Waals surface area contributed by atoms with E-state index in [0.717, 1.165) is 5.56 Å². The van der Waals surface area contributed by atoms with Gasteiger partial charge in [-0.15, -0.1) is 0 Å². The molecule has 4 rings (SSSR count). The van der Waals surface area contributed by atoms with Crippen molar-refractivity contribution in [1.29, 1.82) is 0 Å². The Kier molecular flexibility index (Phi) is 3.80. The average molecular weight is 348 g/mol. The normalized spacial score (nSPS) is 32.4. The van der Waals surface area contributed by atoms with E-state index in [1.165, 1.54) is 12.1 Å². The number of benzene rings is 2. The van der Waals surface area contributed by atoms with Crippen molar-refractivity contribution in [2.24, 2.45) is 0 Å². The Morgan fingerprint density at radius 2 is 1.83 bits per heavy atom. The van der Waals surface area contributed by atoms with Gasteiger partial charge in [0.15, 0.2) is 0 Å². The lowest BCUT2D eigenvalue weighted by Gasteiger charge is -2.22. The maximum Gasteiger partial charge on any atom is 0.206 e. The molecule has 24 heavy (non-hydrogen) atoms. The second kappa shape index (κ2) is 5.74. The minimum atomic E-state index is -1.47. The molecule has 2 heterocycles. The Morgan fingerprint density at radius 1 is 1.17 bits per heavy atom. The number of halogens is 1. The number of fused-ring (bicyclic) bond motifs is 1. The smallest absolute Gasteiger partial charge is 0.206 e. The van der Waals surface area contributed by atoms with E-state index in [-0.39, 0.29) is 12.4 Å². The van der Waals surface area contributed by atoms with Crippen LogP contribution in [-0.2, 0) is 20.3 Å². The van der Waals surface area contributed by atoms with Crippen molar-refractivity contribution in [2.45, 2.75) is 35.1 Å². The third-order valence-electron chi connectivity index (χ3n) is 4.54. The van der Waals surface area contributed by atoms with Crippen molar-refractivity contribution in [2.75, 3.05) is 6.61 Å². The Bertz CT molecular complexity index is 777. The largest absolute Gasteiger partial charge is 0.394 e. The molecule has 0 aliphatic carbocycles. The highest BCUT2D eigenvalue weighted by molar-refractivity contribution is 7.86. The monoisotopic (exact) mass is 348 g/mol. The summed E-state index contributed by atoms with van der Waals surface area (Å²) >= 11 is 0. The number of rotatable bonds is 4. The first-order valence-corrected chi connectivity index (χ1v) is 8.89. The number of epoxide rings is 1. The van der Waals surface area contributed by atoms with Gasteiger partial charge in [-0.2, -0.15) is 0 Å². The molecule has 4 nitrogen and oxygen atoms in total. The fourth-order valence-corrected chi connectivity index (χ4v) is 4.92. The number of aryl methyl sites for hydroxylation is 1. The van der Waals surface area contributed by atoms with E-state index in [0.29, 0.717) is 10.5 Å². The van der Waals surface area contributed by atoms with E-state index in [4.69, 9.17) is 9.47 Å². The molecule has 2 aliphatic heterocycles. The molecule has 0 aromatic heterocycles. The summed E-state index contributed by atoms with van der Waals surface area (Å²) in [5.74, 6) is -0.350. The maximum atomic E-state index is 13.2. The topological polar surface area (TPSA) is 59.1 Å². The SMILES string of the molecule is Cc1ccc([S@](=O)[C@@]23O[C@@H]2[C@@H](CO)O[C@H]3c2ccc(F)cc2)cc1. The van der Waals surface area contributed by atoms with Gasteiger partial charge in [0, 0.05) is 4.90 Å². The second-order valence-electron chi connectivity index (χ2n) is 6.13. The third kappa shape index (κ3) is 2.33. The second-order valence-corrected chi connectivity index (χ2v) is 7.78. The highest BCUT2D eigenvalue weighted by atomic mass is 32.2. The molecule has 0 unspecified atom stereocenters. The molecule has 2 fully saturated rings.